The lowest BCUT2D eigenvalue weighted by molar-refractivity contribution is -0.137. The van der Waals surface area contributed by atoms with E-state index in [1.54, 1.807) is 0 Å². The predicted molar refractivity (Wildman–Crippen MR) is 131 cm³/mol. The van der Waals surface area contributed by atoms with E-state index in [4.69, 9.17) is 0 Å². The molecule has 4 rings (SSSR count). The highest BCUT2D eigenvalue weighted by atomic mass is 32.1. The standard InChI is InChI=1S/C24H31F4N5O3S/c1-23(2,36)12-30-20(34)21-32-18(22(35)33-8-6-13(25)7-9-33)19(37-21)15-11-29-17(31-14-4-3-5-14)10-16(15)24(26,27)28/h10-11,13-14,22,35-36H,3-9,12H2,1-2H3,(H,29,31)(H,30,34). The number of thiazole rings is 1. The normalized spacial score (nSPS) is 18.9. The molecule has 1 aliphatic heterocycles. The zero-order valence-electron chi connectivity index (χ0n) is 20.6. The van der Waals surface area contributed by atoms with Gasteiger partial charge in [-0.3, -0.25) is 9.69 Å². The summed E-state index contributed by atoms with van der Waals surface area (Å²) in [6.07, 6.45) is -3.05. The van der Waals surface area contributed by atoms with E-state index in [0.717, 1.165) is 31.5 Å². The first-order valence-corrected chi connectivity index (χ1v) is 13.0. The molecule has 3 heterocycles. The number of piperidine rings is 1. The van der Waals surface area contributed by atoms with Gasteiger partial charge in [0.2, 0.25) is 0 Å². The van der Waals surface area contributed by atoms with Crippen molar-refractivity contribution in [3.63, 3.8) is 0 Å². The number of aliphatic hydroxyl groups is 2. The number of hydrogen-bond acceptors (Lipinski definition) is 8. The zero-order valence-corrected chi connectivity index (χ0v) is 21.4. The molecule has 1 unspecified atom stereocenters. The van der Waals surface area contributed by atoms with E-state index in [-0.39, 0.29) is 65.5 Å². The van der Waals surface area contributed by atoms with Crippen molar-refractivity contribution in [3.05, 3.63) is 28.5 Å². The number of carbonyl (C=O) groups is 1. The fourth-order valence-corrected chi connectivity index (χ4v) is 5.20. The maximum Gasteiger partial charge on any atom is 0.417 e. The average molecular weight is 546 g/mol. The number of pyridine rings is 1. The van der Waals surface area contributed by atoms with Crippen molar-refractivity contribution >= 4 is 23.1 Å². The highest BCUT2D eigenvalue weighted by Crippen LogP contribution is 2.43. The molecule has 1 amide bonds. The number of hydrogen-bond donors (Lipinski definition) is 4. The number of halogens is 4. The minimum Gasteiger partial charge on any atom is -0.389 e. The Bertz CT molecular complexity index is 1110. The summed E-state index contributed by atoms with van der Waals surface area (Å²) in [5.41, 5.74) is -2.61. The molecule has 2 aromatic heterocycles. The molecule has 2 aliphatic rings. The lowest BCUT2D eigenvalue weighted by Crippen LogP contribution is -2.38. The Morgan fingerprint density at radius 3 is 2.49 bits per heavy atom. The van der Waals surface area contributed by atoms with Crippen molar-refractivity contribution in [1.82, 2.24) is 20.2 Å². The van der Waals surface area contributed by atoms with Gasteiger partial charge in [-0.1, -0.05) is 0 Å². The van der Waals surface area contributed by atoms with Gasteiger partial charge in [0.25, 0.3) is 5.91 Å². The Kier molecular flexibility index (Phi) is 8.07. The van der Waals surface area contributed by atoms with Crippen LogP contribution in [0.25, 0.3) is 10.4 Å². The average Bonchev–Trinajstić information content (AvgIpc) is 3.24. The predicted octanol–water partition coefficient (Wildman–Crippen LogP) is 4.11. The van der Waals surface area contributed by atoms with E-state index in [0.29, 0.717) is 11.3 Å². The van der Waals surface area contributed by atoms with E-state index < -0.39 is 35.6 Å². The molecule has 2 aromatic rings. The first-order valence-electron chi connectivity index (χ1n) is 12.2. The third kappa shape index (κ3) is 6.75. The molecule has 204 valence electrons. The number of nitrogens with one attached hydrogen (secondary N) is 2. The third-order valence-corrected chi connectivity index (χ3v) is 7.59. The van der Waals surface area contributed by atoms with E-state index in [1.165, 1.54) is 18.7 Å². The number of rotatable bonds is 8. The molecule has 1 aliphatic carbocycles. The summed E-state index contributed by atoms with van der Waals surface area (Å²) < 4.78 is 56.3. The van der Waals surface area contributed by atoms with Gasteiger partial charge in [0.1, 0.15) is 17.7 Å². The topological polar surface area (TPSA) is 111 Å². The van der Waals surface area contributed by atoms with Gasteiger partial charge >= 0.3 is 6.18 Å². The molecule has 0 radical (unpaired) electrons. The molecule has 4 N–H and O–H groups in total. The molecule has 8 nitrogen and oxygen atoms in total. The molecular formula is C24H31F4N5O3S. The van der Waals surface area contributed by atoms with E-state index in [1.807, 2.05) is 0 Å². The number of alkyl halides is 4. The molecule has 0 bridgehead atoms. The first-order chi connectivity index (χ1) is 17.3. The monoisotopic (exact) mass is 545 g/mol. The quantitative estimate of drug-likeness (QED) is 0.370. The second-order valence-electron chi connectivity index (χ2n) is 10.2. The van der Waals surface area contributed by atoms with Crippen LogP contribution in [0, 0.1) is 0 Å². The zero-order chi connectivity index (χ0) is 27.0. The summed E-state index contributed by atoms with van der Waals surface area (Å²) in [6, 6.07) is 1.01. The molecular weight excluding hydrogens is 514 g/mol. The van der Waals surface area contributed by atoms with Crippen LogP contribution in [0.4, 0.5) is 23.4 Å². The van der Waals surface area contributed by atoms with Gasteiger partial charge in [0.05, 0.1) is 16.0 Å². The summed E-state index contributed by atoms with van der Waals surface area (Å²) in [5, 5.41) is 26.4. The minimum atomic E-state index is -4.74. The van der Waals surface area contributed by atoms with Gasteiger partial charge < -0.3 is 20.8 Å². The van der Waals surface area contributed by atoms with Crippen LogP contribution in [-0.2, 0) is 6.18 Å². The van der Waals surface area contributed by atoms with Crippen LogP contribution < -0.4 is 10.6 Å². The van der Waals surface area contributed by atoms with Gasteiger partial charge in [0, 0.05) is 37.4 Å². The van der Waals surface area contributed by atoms with Crippen molar-refractivity contribution < 1.29 is 32.6 Å². The van der Waals surface area contributed by atoms with Crippen LogP contribution in [0.1, 0.15) is 73.2 Å². The molecule has 0 aromatic carbocycles. The van der Waals surface area contributed by atoms with Gasteiger partial charge in [0.15, 0.2) is 11.2 Å². The number of carbonyl (C=O) groups excluding carboxylic acids is 1. The molecule has 37 heavy (non-hydrogen) atoms. The van der Waals surface area contributed by atoms with Crippen LogP contribution in [0.3, 0.4) is 0 Å². The van der Waals surface area contributed by atoms with E-state index >= 15 is 0 Å². The van der Waals surface area contributed by atoms with Crippen molar-refractivity contribution in [2.24, 2.45) is 0 Å². The van der Waals surface area contributed by atoms with Crippen molar-refractivity contribution in [2.45, 2.75) is 76.2 Å². The highest BCUT2D eigenvalue weighted by Gasteiger charge is 2.38. The molecule has 0 spiro atoms. The third-order valence-electron chi connectivity index (χ3n) is 6.49. The number of nitrogens with zero attached hydrogens (tertiary/aromatic N) is 3. The van der Waals surface area contributed by atoms with Crippen LogP contribution in [0.15, 0.2) is 12.3 Å². The smallest absolute Gasteiger partial charge is 0.389 e. The van der Waals surface area contributed by atoms with Gasteiger partial charge in [-0.05, 0) is 52.0 Å². The molecule has 1 saturated heterocycles. The number of amides is 1. The molecule has 1 saturated carbocycles. The van der Waals surface area contributed by atoms with Crippen molar-refractivity contribution in [2.75, 3.05) is 25.0 Å². The first kappa shape index (κ1) is 27.7. The number of aliphatic hydroxyl groups excluding tert-OH is 1. The fourth-order valence-electron chi connectivity index (χ4n) is 4.17. The van der Waals surface area contributed by atoms with Crippen molar-refractivity contribution in [1.29, 1.82) is 0 Å². The Morgan fingerprint density at radius 2 is 1.92 bits per heavy atom. The van der Waals surface area contributed by atoms with E-state index in [2.05, 4.69) is 20.6 Å². The van der Waals surface area contributed by atoms with Crippen LogP contribution in [0.2, 0.25) is 0 Å². The number of anilines is 1. The van der Waals surface area contributed by atoms with Gasteiger partial charge in [-0.15, -0.1) is 11.3 Å². The molecule has 13 heteroatoms. The summed E-state index contributed by atoms with van der Waals surface area (Å²) in [6.45, 7) is 3.25. The Morgan fingerprint density at radius 1 is 1.24 bits per heavy atom. The number of likely N-dealkylation sites (tertiary alicyclic amines) is 1. The Labute approximate surface area is 216 Å². The maximum absolute atomic E-state index is 14.2. The lowest BCUT2D eigenvalue weighted by Gasteiger charge is -2.32. The highest BCUT2D eigenvalue weighted by molar-refractivity contribution is 7.17. The summed E-state index contributed by atoms with van der Waals surface area (Å²) in [7, 11) is 0. The summed E-state index contributed by atoms with van der Waals surface area (Å²) in [5.74, 6) is -0.598. The second kappa shape index (κ2) is 10.8. The van der Waals surface area contributed by atoms with E-state index in [9.17, 15) is 32.6 Å². The molecule has 1 atom stereocenters. The fraction of sp³-hybridized carbons (Fsp3) is 0.625. The van der Waals surface area contributed by atoms with Crippen LogP contribution >= 0.6 is 11.3 Å². The Balaban J connectivity index is 1.74. The van der Waals surface area contributed by atoms with Crippen LogP contribution in [-0.4, -0.2) is 68.4 Å². The minimum absolute atomic E-state index is 0.0432. The van der Waals surface area contributed by atoms with Crippen molar-refractivity contribution in [3.8, 4) is 10.4 Å². The lowest BCUT2D eigenvalue weighted by atomic mass is 9.93. The molecule has 2 fully saturated rings. The van der Waals surface area contributed by atoms with Gasteiger partial charge in [-0.2, -0.15) is 13.2 Å². The summed E-state index contributed by atoms with van der Waals surface area (Å²) >= 11 is 0.704. The second-order valence-corrected chi connectivity index (χ2v) is 11.2. The number of aromatic nitrogens is 2. The van der Waals surface area contributed by atoms with Crippen LogP contribution in [0.5, 0.6) is 0 Å². The largest absolute Gasteiger partial charge is 0.417 e. The summed E-state index contributed by atoms with van der Waals surface area (Å²) in [4.78, 5) is 22.7. The Hall–Kier alpha value is -2.35. The van der Waals surface area contributed by atoms with Gasteiger partial charge in [-0.25, -0.2) is 14.4 Å². The SMILES string of the molecule is CC(C)(O)CNC(=O)c1nc(C(O)N2CCC(F)CC2)c(-c2cnc(NC3CCC3)cc2C(F)(F)F)s1. The maximum atomic E-state index is 14.2.